The number of nitrogen functional groups attached to an aromatic ring is 1. The highest BCUT2D eigenvalue weighted by atomic mass is 16.6. The number of nitrogens with two attached hydrogens (primary N) is 1. The van der Waals surface area contributed by atoms with Gasteiger partial charge in [0.2, 0.25) is 0 Å². The molecule has 0 fully saturated rings. The lowest BCUT2D eigenvalue weighted by atomic mass is 10.1. The van der Waals surface area contributed by atoms with Gasteiger partial charge in [-0.05, 0) is 45.7 Å². The Morgan fingerprint density at radius 1 is 1.24 bits per heavy atom. The zero-order valence-corrected chi connectivity index (χ0v) is 11.0. The van der Waals surface area contributed by atoms with E-state index >= 15 is 0 Å². The lowest BCUT2D eigenvalue weighted by molar-refractivity contribution is 0.190. The lowest BCUT2D eigenvalue weighted by Gasteiger charge is -2.20. The smallest absolute Gasteiger partial charge is 0.410 e. The average Bonchev–Trinajstić information content (AvgIpc) is 2.11. The van der Waals surface area contributed by atoms with E-state index < -0.39 is 6.09 Å². The second-order valence-electron chi connectivity index (χ2n) is 5.24. The van der Waals surface area contributed by atoms with Crippen molar-refractivity contribution >= 4 is 11.8 Å². The van der Waals surface area contributed by atoms with Crippen molar-refractivity contribution in [1.29, 1.82) is 0 Å². The molecule has 0 unspecified atom stereocenters. The van der Waals surface area contributed by atoms with Gasteiger partial charge in [0.05, 0.1) is 0 Å². The Bertz CT molecular complexity index is 434. The van der Waals surface area contributed by atoms with Crippen molar-refractivity contribution in [3.05, 3.63) is 23.3 Å². The maximum absolute atomic E-state index is 11.6. The topological polar surface area (TPSA) is 64.3 Å². The first-order valence-corrected chi connectivity index (χ1v) is 5.56. The molecule has 0 saturated heterocycles. The van der Waals surface area contributed by atoms with Crippen LogP contribution in [0, 0.1) is 13.8 Å². The van der Waals surface area contributed by atoms with E-state index in [1.54, 1.807) is 6.07 Å². The summed E-state index contributed by atoms with van der Waals surface area (Å²) in [6.45, 7) is 9.48. The first-order chi connectivity index (χ1) is 7.69. The molecule has 1 amide bonds. The van der Waals surface area contributed by atoms with E-state index in [1.165, 1.54) is 0 Å². The van der Waals surface area contributed by atoms with Gasteiger partial charge in [0.25, 0.3) is 0 Å². The number of anilines is 1. The van der Waals surface area contributed by atoms with Gasteiger partial charge in [-0.15, -0.1) is 0 Å². The Hall–Kier alpha value is -1.71. The molecule has 17 heavy (non-hydrogen) atoms. The van der Waals surface area contributed by atoms with E-state index in [0.717, 1.165) is 11.1 Å². The number of nitrogens with one attached hydrogen (secondary N) is 1. The monoisotopic (exact) mass is 236 g/mol. The number of hydrogen-bond donors (Lipinski definition) is 2. The molecule has 0 aliphatic carbocycles. The molecule has 0 radical (unpaired) electrons. The number of carbonyl (C=O) groups excluding carboxylic acids is 1. The van der Waals surface area contributed by atoms with Crippen molar-refractivity contribution < 1.29 is 9.53 Å². The number of rotatable bonds is 1. The molecular weight excluding hydrogens is 216 g/mol. The largest absolute Gasteiger partial charge is 0.413 e. The second kappa shape index (κ2) is 4.65. The zero-order valence-electron chi connectivity index (χ0n) is 11.0. The summed E-state index contributed by atoms with van der Waals surface area (Å²) >= 11 is 0. The van der Waals surface area contributed by atoms with Gasteiger partial charge in [-0.3, -0.25) is 0 Å². The fourth-order valence-electron chi connectivity index (χ4n) is 1.39. The third-order valence-electron chi connectivity index (χ3n) is 2.24. The van der Waals surface area contributed by atoms with E-state index in [4.69, 9.17) is 10.5 Å². The maximum Gasteiger partial charge on any atom is 0.413 e. The number of benzene rings is 1. The van der Waals surface area contributed by atoms with Gasteiger partial charge >= 0.3 is 6.09 Å². The third-order valence-corrected chi connectivity index (χ3v) is 2.24. The Kier molecular flexibility index (Phi) is 3.66. The molecule has 1 rings (SSSR count). The van der Waals surface area contributed by atoms with Gasteiger partial charge in [0, 0.05) is 17.3 Å². The van der Waals surface area contributed by atoms with E-state index in [1.807, 2.05) is 40.7 Å². The van der Waals surface area contributed by atoms with Gasteiger partial charge in [-0.2, -0.15) is 0 Å². The molecule has 0 heterocycles. The predicted octanol–water partition coefficient (Wildman–Crippen LogP) is 2.77. The predicted molar refractivity (Wildman–Crippen MR) is 69.2 cm³/mol. The van der Waals surface area contributed by atoms with Crippen molar-refractivity contribution in [3.8, 4) is 5.75 Å². The second-order valence-corrected chi connectivity index (χ2v) is 5.24. The summed E-state index contributed by atoms with van der Waals surface area (Å²) in [4.78, 5) is 11.6. The summed E-state index contributed by atoms with van der Waals surface area (Å²) in [5.41, 5.74) is 7.95. The van der Waals surface area contributed by atoms with Gasteiger partial charge in [-0.25, -0.2) is 4.79 Å². The van der Waals surface area contributed by atoms with E-state index in [0.29, 0.717) is 11.4 Å². The van der Waals surface area contributed by atoms with Gasteiger partial charge in [0.15, 0.2) is 0 Å². The van der Waals surface area contributed by atoms with Crippen molar-refractivity contribution in [1.82, 2.24) is 5.32 Å². The molecule has 0 atom stereocenters. The number of hydrogen-bond acceptors (Lipinski definition) is 3. The fourth-order valence-corrected chi connectivity index (χ4v) is 1.39. The number of ether oxygens (including phenoxy) is 1. The van der Waals surface area contributed by atoms with Gasteiger partial charge < -0.3 is 15.8 Å². The molecule has 4 heteroatoms. The van der Waals surface area contributed by atoms with Crippen LogP contribution in [0.25, 0.3) is 0 Å². The van der Waals surface area contributed by atoms with Crippen LogP contribution in [0.5, 0.6) is 5.75 Å². The third kappa shape index (κ3) is 3.98. The molecule has 4 nitrogen and oxygen atoms in total. The molecule has 0 spiro atoms. The highest BCUT2D eigenvalue weighted by Crippen LogP contribution is 2.24. The summed E-state index contributed by atoms with van der Waals surface area (Å²) in [5.74, 6) is 0.495. The standard InChI is InChI=1S/C13H20N2O2/c1-8-6-9(2)11(7-10(8)14)17-12(16)15-13(3,4)5/h6-7H,14H2,1-5H3,(H,15,16). The fraction of sp³-hybridized carbons (Fsp3) is 0.462. The summed E-state index contributed by atoms with van der Waals surface area (Å²) in [5, 5.41) is 2.73. The molecule has 0 saturated carbocycles. The van der Waals surface area contributed by atoms with Crippen LogP contribution in [-0.4, -0.2) is 11.6 Å². The van der Waals surface area contributed by atoms with Crippen LogP contribution in [0.2, 0.25) is 0 Å². The highest BCUT2D eigenvalue weighted by molar-refractivity contribution is 5.72. The first kappa shape index (κ1) is 13.4. The van der Waals surface area contributed by atoms with Crippen LogP contribution in [0.4, 0.5) is 10.5 Å². The average molecular weight is 236 g/mol. The van der Waals surface area contributed by atoms with E-state index in [9.17, 15) is 4.79 Å². The summed E-state index contributed by atoms with van der Waals surface area (Å²) < 4.78 is 5.23. The van der Waals surface area contributed by atoms with Crippen LogP contribution in [-0.2, 0) is 0 Å². The Morgan fingerprint density at radius 3 is 2.35 bits per heavy atom. The number of carbonyl (C=O) groups is 1. The van der Waals surface area contributed by atoms with Crippen LogP contribution < -0.4 is 15.8 Å². The molecule has 1 aromatic carbocycles. The van der Waals surface area contributed by atoms with Crippen molar-refractivity contribution in [3.63, 3.8) is 0 Å². The molecule has 0 aliphatic heterocycles. The molecule has 94 valence electrons. The molecule has 3 N–H and O–H groups in total. The van der Waals surface area contributed by atoms with Crippen LogP contribution in [0.1, 0.15) is 31.9 Å². The van der Waals surface area contributed by atoms with Crippen molar-refractivity contribution in [2.24, 2.45) is 0 Å². The quantitative estimate of drug-likeness (QED) is 0.737. The normalized spacial score (nSPS) is 11.1. The Morgan fingerprint density at radius 2 is 1.82 bits per heavy atom. The summed E-state index contributed by atoms with van der Waals surface area (Å²) in [7, 11) is 0. The first-order valence-electron chi connectivity index (χ1n) is 5.56. The Labute approximate surface area is 102 Å². The molecule has 1 aromatic rings. The van der Waals surface area contributed by atoms with Crippen molar-refractivity contribution in [2.75, 3.05) is 5.73 Å². The molecule has 0 aromatic heterocycles. The zero-order chi connectivity index (χ0) is 13.2. The van der Waals surface area contributed by atoms with E-state index in [-0.39, 0.29) is 5.54 Å². The maximum atomic E-state index is 11.6. The Balaban J connectivity index is 2.82. The minimum atomic E-state index is -0.469. The minimum Gasteiger partial charge on any atom is -0.410 e. The lowest BCUT2D eigenvalue weighted by Crippen LogP contribution is -2.42. The van der Waals surface area contributed by atoms with Crippen LogP contribution >= 0.6 is 0 Å². The molecule has 0 bridgehead atoms. The summed E-state index contributed by atoms with van der Waals surface area (Å²) in [6, 6.07) is 3.57. The molecule has 0 aliphatic rings. The number of amides is 1. The van der Waals surface area contributed by atoms with Crippen LogP contribution in [0.3, 0.4) is 0 Å². The minimum absolute atomic E-state index is 0.318. The highest BCUT2D eigenvalue weighted by Gasteiger charge is 2.16. The SMILES string of the molecule is Cc1cc(C)c(OC(=O)NC(C)(C)C)cc1N. The summed E-state index contributed by atoms with van der Waals surface area (Å²) in [6.07, 6.45) is -0.469. The van der Waals surface area contributed by atoms with E-state index in [2.05, 4.69) is 5.32 Å². The van der Waals surface area contributed by atoms with Crippen molar-refractivity contribution in [2.45, 2.75) is 40.2 Å². The van der Waals surface area contributed by atoms with Gasteiger partial charge in [-0.1, -0.05) is 6.07 Å². The number of aryl methyl sites for hydroxylation is 2. The van der Waals surface area contributed by atoms with Gasteiger partial charge in [0.1, 0.15) is 5.75 Å². The van der Waals surface area contributed by atoms with Crippen LogP contribution in [0.15, 0.2) is 12.1 Å². The molecular formula is C13H20N2O2.